The molecule has 0 bridgehead atoms. The van der Waals surface area contributed by atoms with Crippen LogP contribution in [-0.4, -0.2) is 33.8 Å². The lowest BCUT2D eigenvalue weighted by atomic mass is 10.2. The van der Waals surface area contributed by atoms with Crippen molar-refractivity contribution < 1.29 is 17.5 Å². The zero-order chi connectivity index (χ0) is 17.7. The predicted molar refractivity (Wildman–Crippen MR) is 91.0 cm³/mol. The number of nitrogen functional groups attached to an aromatic ring is 1. The van der Waals surface area contributed by atoms with Crippen LogP contribution in [-0.2, 0) is 16.6 Å². The average Bonchev–Trinajstić information content (AvgIpc) is 2.53. The second kappa shape index (κ2) is 7.31. The topological polar surface area (TPSA) is 85.0 Å². The summed E-state index contributed by atoms with van der Waals surface area (Å²) in [5, 5.41) is 0. The van der Waals surface area contributed by atoms with E-state index in [1.165, 1.54) is 41.6 Å². The second-order valence-electron chi connectivity index (χ2n) is 5.27. The van der Waals surface area contributed by atoms with Gasteiger partial charge in [-0.05, 0) is 36.4 Å². The van der Waals surface area contributed by atoms with E-state index in [-0.39, 0.29) is 17.3 Å². The van der Waals surface area contributed by atoms with Crippen LogP contribution in [0, 0.1) is 5.82 Å². The largest absolute Gasteiger partial charge is 0.489 e. The molecular weight excluding hydrogens is 333 g/mol. The maximum Gasteiger partial charge on any atom is 0.284 e. The molecule has 0 atom stereocenters. The SMILES string of the molecule is CN(C)C=NS(=O)(=O)c1cc(N)ccc1COc1ccc(F)cc1. The molecule has 0 aromatic heterocycles. The van der Waals surface area contributed by atoms with Crippen molar-refractivity contribution in [1.29, 1.82) is 0 Å². The van der Waals surface area contributed by atoms with Crippen LogP contribution in [0.1, 0.15) is 5.56 Å². The van der Waals surface area contributed by atoms with E-state index in [1.54, 1.807) is 26.2 Å². The molecule has 0 spiro atoms. The summed E-state index contributed by atoms with van der Waals surface area (Å²) in [5.41, 5.74) is 6.41. The molecule has 0 aliphatic carbocycles. The van der Waals surface area contributed by atoms with Crippen LogP contribution in [0.3, 0.4) is 0 Å². The highest BCUT2D eigenvalue weighted by atomic mass is 32.2. The lowest BCUT2D eigenvalue weighted by molar-refractivity contribution is 0.302. The Hall–Kier alpha value is -2.61. The Morgan fingerprint density at radius 2 is 1.88 bits per heavy atom. The summed E-state index contributed by atoms with van der Waals surface area (Å²) in [6, 6.07) is 9.94. The van der Waals surface area contributed by atoms with E-state index < -0.39 is 10.0 Å². The van der Waals surface area contributed by atoms with Crippen LogP contribution in [0.2, 0.25) is 0 Å². The number of ether oxygens (including phenoxy) is 1. The predicted octanol–water partition coefficient (Wildman–Crippen LogP) is 2.27. The fourth-order valence-electron chi connectivity index (χ4n) is 1.84. The molecule has 2 aromatic carbocycles. The monoisotopic (exact) mass is 351 g/mol. The van der Waals surface area contributed by atoms with Crippen molar-refractivity contribution in [3.63, 3.8) is 0 Å². The van der Waals surface area contributed by atoms with Gasteiger partial charge in [0.1, 0.15) is 24.5 Å². The molecule has 0 saturated carbocycles. The van der Waals surface area contributed by atoms with E-state index >= 15 is 0 Å². The Bertz CT molecular complexity index is 834. The van der Waals surface area contributed by atoms with E-state index in [9.17, 15) is 12.8 Å². The number of sulfonamides is 1. The molecule has 6 nitrogen and oxygen atoms in total. The van der Waals surface area contributed by atoms with Gasteiger partial charge in [-0.3, -0.25) is 0 Å². The summed E-state index contributed by atoms with van der Waals surface area (Å²) in [6.45, 7) is -0.0159. The molecule has 2 rings (SSSR count). The molecule has 0 fully saturated rings. The molecule has 8 heteroatoms. The van der Waals surface area contributed by atoms with Gasteiger partial charge in [0.25, 0.3) is 10.0 Å². The van der Waals surface area contributed by atoms with Crippen molar-refractivity contribution in [2.45, 2.75) is 11.5 Å². The number of hydrogen-bond acceptors (Lipinski definition) is 4. The Balaban J connectivity index is 2.29. The first-order valence-corrected chi connectivity index (χ1v) is 8.45. The molecular formula is C16H18FN3O3S. The number of nitrogens with two attached hydrogens (primary N) is 1. The molecule has 0 amide bonds. The first-order chi connectivity index (χ1) is 11.3. The van der Waals surface area contributed by atoms with Gasteiger partial charge in [0.15, 0.2) is 0 Å². The molecule has 0 heterocycles. The summed E-state index contributed by atoms with van der Waals surface area (Å²) in [6.07, 6.45) is 1.20. The molecule has 24 heavy (non-hydrogen) atoms. The van der Waals surface area contributed by atoms with Gasteiger partial charge >= 0.3 is 0 Å². The number of rotatable bonds is 6. The van der Waals surface area contributed by atoms with Gasteiger partial charge in [0, 0.05) is 25.3 Å². The maximum absolute atomic E-state index is 12.9. The third-order valence-electron chi connectivity index (χ3n) is 2.99. The van der Waals surface area contributed by atoms with Crippen molar-refractivity contribution in [3.05, 3.63) is 53.8 Å². The van der Waals surface area contributed by atoms with Crippen molar-refractivity contribution >= 4 is 22.0 Å². The van der Waals surface area contributed by atoms with Crippen LogP contribution >= 0.6 is 0 Å². The molecule has 0 aliphatic heterocycles. The normalized spacial score (nSPS) is 11.6. The Kier molecular flexibility index (Phi) is 5.40. The molecule has 2 N–H and O–H groups in total. The minimum Gasteiger partial charge on any atom is -0.489 e. The van der Waals surface area contributed by atoms with Gasteiger partial charge in [-0.2, -0.15) is 8.42 Å². The fourth-order valence-corrected chi connectivity index (χ4v) is 3.01. The van der Waals surface area contributed by atoms with Crippen LogP contribution in [0.15, 0.2) is 51.8 Å². The highest BCUT2D eigenvalue weighted by Crippen LogP contribution is 2.23. The van der Waals surface area contributed by atoms with Gasteiger partial charge in [-0.1, -0.05) is 6.07 Å². The van der Waals surface area contributed by atoms with Crippen LogP contribution in [0.4, 0.5) is 10.1 Å². The van der Waals surface area contributed by atoms with Gasteiger partial charge in [-0.15, -0.1) is 4.40 Å². The van der Waals surface area contributed by atoms with E-state index in [4.69, 9.17) is 10.5 Å². The van der Waals surface area contributed by atoms with E-state index in [0.717, 1.165) is 0 Å². The first-order valence-electron chi connectivity index (χ1n) is 7.01. The van der Waals surface area contributed by atoms with Crippen LogP contribution in [0.25, 0.3) is 0 Å². The van der Waals surface area contributed by atoms with E-state index in [2.05, 4.69) is 4.40 Å². The van der Waals surface area contributed by atoms with Crippen molar-refractivity contribution in [3.8, 4) is 5.75 Å². The first kappa shape index (κ1) is 17.7. The average molecular weight is 351 g/mol. The fraction of sp³-hybridized carbons (Fsp3) is 0.188. The minimum atomic E-state index is -3.91. The zero-order valence-corrected chi connectivity index (χ0v) is 14.1. The lowest BCUT2D eigenvalue weighted by Gasteiger charge is -2.11. The van der Waals surface area contributed by atoms with E-state index in [1.807, 2.05) is 0 Å². The standard InChI is InChI=1S/C16H18FN3O3S/c1-20(2)11-19-24(21,22)16-9-14(18)6-3-12(16)10-23-15-7-4-13(17)5-8-15/h3-9,11H,10,18H2,1-2H3. The molecule has 2 aromatic rings. The number of anilines is 1. The van der Waals surface area contributed by atoms with Crippen molar-refractivity contribution in [2.75, 3.05) is 19.8 Å². The molecule has 0 unspecified atom stereocenters. The summed E-state index contributed by atoms with van der Waals surface area (Å²) in [7, 11) is -0.585. The number of nitrogens with zero attached hydrogens (tertiary/aromatic N) is 2. The molecule has 128 valence electrons. The summed E-state index contributed by atoms with van der Waals surface area (Å²) < 4.78 is 46.8. The number of benzene rings is 2. The third-order valence-corrected chi connectivity index (χ3v) is 4.30. The lowest BCUT2D eigenvalue weighted by Crippen LogP contribution is -2.12. The van der Waals surface area contributed by atoms with Crippen molar-refractivity contribution in [1.82, 2.24) is 4.90 Å². The van der Waals surface area contributed by atoms with Gasteiger partial charge < -0.3 is 15.4 Å². The van der Waals surface area contributed by atoms with Gasteiger partial charge in [0.05, 0.1) is 4.90 Å². The smallest absolute Gasteiger partial charge is 0.284 e. The Morgan fingerprint density at radius 1 is 1.21 bits per heavy atom. The van der Waals surface area contributed by atoms with Gasteiger partial charge in [0.2, 0.25) is 0 Å². The van der Waals surface area contributed by atoms with Crippen molar-refractivity contribution in [2.24, 2.45) is 4.40 Å². The Morgan fingerprint density at radius 3 is 2.50 bits per heavy atom. The molecule has 0 aliphatic rings. The minimum absolute atomic E-state index is 0.0159. The van der Waals surface area contributed by atoms with Crippen LogP contribution in [0.5, 0.6) is 5.75 Å². The summed E-state index contributed by atoms with van der Waals surface area (Å²) >= 11 is 0. The third kappa shape index (κ3) is 4.69. The zero-order valence-electron chi connectivity index (χ0n) is 13.3. The second-order valence-corrected chi connectivity index (χ2v) is 6.87. The van der Waals surface area contributed by atoms with Crippen LogP contribution < -0.4 is 10.5 Å². The number of hydrogen-bond donors (Lipinski definition) is 1. The highest BCUT2D eigenvalue weighted by molar-refractivity contribution is 7.90. The summed E-state index contributed by atoms with van der Waals surface area (Å²) in [4.78, 5) is 1.49. The Labute approximate surface area is 140 Å². The summed E-state index contributed by atoms with van der Waals surface area (Å²) in [5.74, 6) is 0.0458. The highest BCUT2D eigenvalue weighted by Gasteiger charge is 2.18. The van der Waals surface area contributed by atoms with E-state index in [0.29, 0.717) is 17.0 Å². The molecule has 0 saturated heterocycles. The maximum atomic E-state index is 12.9. The quantitative estimate of drug-likeness (QED) is 0.490. The van der Waals surface area contributed by atoms with Gasteiger partial charge in [-0.25, -0.2) is 4.39 Å². The number of halogens is 1. The molecule has 0 radical (unpaired) electrons.